The lowest BCUT2D eigenvalue weighted by molar-refractivity contribution is -0.190. The maximum Gasteiger partial charge on any atom is 0.405 e. The van der Waals surface area contributed by atoms with Crippen LogP contribution in [0.2, 0.25) is 0 Å². The van der Waals surface area contributed by atoms with E-state index >= 15 is 0 Å². The van der Waals surface area contributed by atoms with E-state index in [-0.39, 0.29) is 24.7 Å². The zero-order valence-corrected chi connectivity index (χ0v) is 13.8. The molecule has 24 heavy (non-hydrogen) atoms. The number of rotatable bonds is 6. The van der Waals surface area contributed by atoms with Crippen LogP contribution in [0.4, 0.5) is 17.6 Å². The number of aryl methyl sites for hydroxylation is 1. The topological polar surface area (TPSA) is 32.3 Å². The summed E-state index contributed by atoms with van der Waals surface area (Å²) >= 11 is 0. The summed E-state index contributed by atoms with van der Waals surface area (Å²) in [4.78, 5) is 11.7. The van der Waals surface area contributed by atoms with E-state index in [0.717, 1.165) is 10.6 Å². The van der Waals surface area contributed by atoms with Crippen LogP contribution in [0.3, 0.4) is 0 Å². The largest absolute Gasteiger partial charge is 0.405 e. The van der Waals surface area contributed by atoms with Gasteiger partial charge >= 0.3 is 6.18 Å². The number of halogens is 4. The van der Waals surface area contributed by atoms with Gasteiger partial charge in [-0.2, -0.15) is 13.2 Å². The summed E-state index contributed by atoms with van der Waals surface area (Å²) in [6.45, 7) is 3.29. The standard InChI is InChI=1S/C17H22F4N2O/c1-16(2)11-23(22-15(16)24)14(17(19,20)21)6-4-3-5-12-7-9-13(18)10-8-12/h7-10,14H,3-6,11H2,1-2H3,(H,22,24). The van der Waals surface area contributed by atoms with Crippen molar-refractivity contribution in [2.45, 2.75) is 51.7 Å². The highest BCUT2D eigenvalue weighted by molar-refractivity contribution is 5.83. The molecule has 0 aromatic heterocycles. The van der Waals surface area contributed by atoms with Crippen LogP contribution in [0, 0.1) is 11.2 Å². The van der Waals surface area contributed by atoms with E-state index in [2.05, 4.69) is 5.43 Å². The lowest BCUT2D eigenvalue weighted by Crippen LogP contribution is -2.49. The summed E-state index contributed by atoms with van der Waals surface area (Å²) in [5, 5.41) is 1.01. The lowest BCUT2D eigenvalue weighted by atomic mass is 9.94. The Labute approximate surface area is 139 Å². The van der Waals surface area contributed by atoms with Gasteiger partial charge in [0.05, 0.1) is 5.41 Å². The molecule has 1 fully saturated rings. The van der Waals surface area contributed by atoms with Gasteiger partial charge in [-0.1, -0.05) is 18.6 Å². The summed E-state index contributed by atoms with van der Waals surface area (Å²) < 4.78 is 52.7. The molecule has 1 aromatic rings. The normalized spacial score (nSPS) is 19.3. The average molecular weight is 346 g/mol. The van der Waals surface area contributed by atoms with Gasteiger partial charge in [0, 0.05) is 6.54 Å². The predicted molar refractivity (Wildman–Crippen MR) is 82.4 cm³/mol. The zero-order valence-electron chi connectivity index (χ0n) is 13.8. The van der Waals surface area contributed by atoms with Gasteiger partial charge in [-0.05, 0) is 50.8 Å². The third-order valence-electron chi connectivity index (χ3n) is 4.29. The molecule has 1 saturated heterocycles. The first-order valence-corrected chi connectivity index (χ1v) is 7.98. The van der Waals surface area contributed by atoms with Gasteiger partial charge in [-0.25, -0.2) is 9.40 Å². The molecule has 134 valence electrons. The van der Waals surface area contributed by atoms with Gasteiger partial charge in [-0.15, -0.1) is 0 Å². The number of unbranched alkanes of at least 4 members (excludes halogenated alkanes) is 1. The van der Waals surface area contributed by atoms with Gasteiger partial charge in [0.25, 0.3) is 0 Å². The van der Waals surface area contributed by atoms with E-state index in [0.29, 0.717) is 19.3 Å². The van der Waals surface area contributed by atoms with Crippen LogP contribution in [0.1, 0.15) is 38.7 Å². The van der Waals surface area contributed by atoms with Crippen molar-refractivity contribution in [2.75, 3.05) is 6.54 Å². The molecule has 1 aliphatic rings. The fourth-order valence-corrected chi connectivity index (χ4v) is 2.82. The van der Waals surface area contributed by atoms with Crippen molar-refractivity contribution in [3.05, 3.63) is 35.6 Å². The lowest BCUT2D eigenvalue weighted by Gasteiger charge is -2.29. The highest BCUT2D eigenvalue weighted by Crippen LogP contribution is 2.33. The van der Waals surface area contributed by atoms with E-state index in [4.69, 9.17) is 0 Å². The number of carbonyl (C=O) groups is 1. The molecule has 1 atom stereocenters. The minimum absolute atomic E-state index is 0.0357. The van der Waals surface area contributed by atoms with Crippen LogP contribution in [0.5, 0.6) is 0 Å². The van der Waals surface area contributed by atoms with Crippen LogP contribution in [-0.4, -0.2) is 29.7 Å². The van der Waals surface area contributed by atoms with Gasteiger partial charge < -0.3 is 0 Å². The number of hydrazine groups is 1. The number of alkyl halides is 3. The fourth-order valence-electron chi connectivity index (χ4n) is 2.82. The van der Waals surface area contributed by atoms with Crippen molar-refractivity contribution in [1.29, 1.82) is 0 Å². The number of benzene rings is 1. The summed E-state index contributed by atoms with van der Waals surface area (Å²) in [6.07, 6.45) is -2.94. The average Bonchev–Trinajstić information content (AvgIpc) is 2.72. The fraction of sp³-hybridized carbons (Fsp3) is 0.588. The number of hydrogen-bond acceptors (Lipinski definition) is 2. The Kier molecular flexibility index (Phi) is 5.52. The number of nitrogens with zero attached hydrogens (tertiary/aromatic N) is 1. The third kappa shape index (κ3) is 4.69. The zero-order chi connectivity index (χ0) is 18.0. The summed E-state index contributed by atoms with van der Waals surface area (Å²) in [7, 11) is 0. The van der Waals surface area contributed by atoms with Crippen molar-refractivity contribution in [1.82, 2.24) is 10.4 Å². The van der Waals surface area contributed by atoms with Gasteiger partial charge in [-0.3, -0.25) is 10.2 Å². The Morgan fingerprint density at radius 2 is 1.83 bits per heavy atom. The van der Waals surface area contributed by atoms with E-state index in [9.17, 15) is 22.4 Å². The Hall–Kier alpha value is -1.63. The number of hydrogen-bond donors (Lipinski definition) is 1. The molecule has 1 heterocycles. The van der Waals surface area contributed by atoms with Crippen LogP contribution < -0.4 is 5.43 Å². The highest BCUT2D eigenvalue weighted by atomic mass is 19.4. The predicted octanol–water partition coefficient (Wildman–Crippen LogP) is 3.84. The van der Waals surface area contributed by atoms with E-state index in [1.54, 1.807) is 26.0 Å². The SMILES string of the molecule is CC1(C)CN(C(CCCCc2ccc(F)cc2)C(F)(F)F)NC1=O. The minimum atomic E-state index is -4.40. The number of nitrogens with one attached hydrogen (secondary N) is 1. The second kappa shape index (κ2) is 7.09. The van der Waals surface area contributed by atoms with Gasteiger partial charge in [0.15, 0.2) is 0 Å². The van der Waals surface area contributed by atoms with Crippen LogP contribution in [-0.2, 0) is 11.2 Å². The molecular weight excluding hydrogens is 324 g/mol. The maximum atomic E-state index is 13.3. The molecule has 1 amide bonds. The van der Waals surface area contributed by atoms with E-state index < -0.39 is 17.6 Å². The molecule has 7 heteroatoms. The molecule has 1 aromatic carbocycles. The Balaban J connectivity index is 1.88. The minimum Gasteiger partial charge on any atom is -0.288 e. The van der Waals surface area contributed by atoms with Crippen molar-refractivity contribution < 1.29 is 22.4 Å². The summed E-state index contributed by atoms with van der Waals surface area (Å²) in [6, 6.07) is 4.28. The first-order chi connectivity index (χ1) is 11.1. The van der Waals surface area contributed by atoms with Gasteiger partial charge in [0.1, 0.15) is 11.9 Å². The van der Waals surface area contributed by atoms with Crippen LogP contribution in [0.25, 0.3) is 0 Å². The second-order valence-corrected chi connectivity index (χ2v) is 6.88. The second-order valence-electron chi connectivity index (χ2n) is 6.88. The van der Waals surface area contributed by atoms with E-state index in [1.165, 1.54) is 12.1 Å². The molecule has 0 radical (unpaired) electrons. The Morgan fingerprint density at radius 3 is 2.33 bits per heavy atom. The maximum absolute atomic E-state index is 13.3. The van der Waals surface area contributed by atoms with Crippen molar-refractivity contribution in [3.8, 4) is 0 Å². The van der Waals surface area contributed by atoms with Crippen molar-refractivity contribution >= 4 is 5.91 Å². The molecule has 1 unspecified atom stereocenters. The molecule has 1 N–H and O–H groups in total. The highest BCUT2D eigenvalue weighted by Gasteiger charge is 2.49. The summed E-state index contributed by atoms with van der Waals surface area (Å²) in [5.74, 6) is -0.716. The first-order valence-electron chi connectivity index (χ1n) is 7.98. The third-order valence-corrected chi connectivity index (χ3v) is 4.29. The molecule has 3 nitrogen and oxygen atoms in total. The van der Waals surface area contributed by atoms with Crippen molar-refractivity contribution in [3.63, 3.8) is 0 Å². The van der Waals surface area contributed by atoms with Gasteiger partial charge in [0.2, 0.25) is 5.91 Å². The number of amides is 1. The molecule has 0 bridgehead atoms. The smallest absolute Gasteiger partial charge is 0.288 e. The molecule has 0 saturated carbocycles. The molecule has 2 rings (SSSR count). The van der Waals surface area contributed by atoms with Crippen LogP contribution >= 0.6 is 0 Å². The quantitative estimate of drug-likeness (QED) is 0.627. The molecular formula is C17H22F4N2O. The monoisotopic (exact) mass is 346 g/mol. The summed E-state index contributed by atoms with van der Waals surface area (Å²) in [5.41, 5.74) is 2.43. The first kappa shape index (κ1) is 18.7. The Bertz CT molecular complexity index is 569. The van der Waals surface area contributed by atoms with Crippen LogP contribution in [0.15, 0.2) is 24.3 Å². The van der Waals surface area contributed by atoms with Crippen molar-refractivity contribution in [2.24, 2.45) is 5.41 Å². The molecule has 0 aliphatic carbocycles. The molecule has 0 spiro atoms. The van der Waals surface area contributed by atoms with E-state index in [1.807, 2.05) is 0 Å². The Morgan fingerprint density at radius 1 is 1.21 bits per heavy atom. The molecule has 1 aliphatic heterocycles. The number of carbonyl (C=O) groups excluding carboxylic acids is 1.